The van der Waals surface area contributed by atoms with E-state index in [2.05, 4.69) is 25.1 Å². The van der Waals surface area contributed by atoms with Crippen LogP contribution >= 0.6 is 11.5 Å². The van der Waals surface area contributed by atoms with Crippen molar-refractivity contribution in [2.24, 2.45) is 4.99 Å². The Hall–Kier alpha value is -5.05. The molecule has 15 heteroatoms. The molecule has 5 aromatic rings. The highest BCUT2D eigenvalue weighted by Crippen LogP contribution is 2.25. The maximum atomic E-state index is 14.0. The molecular weight excluding hydrogens is 626 g/mol. The van der Waals surface area contributed by atoms with E-state index in [1.165, 1.54) is 62.0 Å². The van der Waals surface area contributed by atoms with Crippen molar-refractivity contribution in [3.8, 4) is 28.5 Å². The molecule has 3 aromatic carbocycles. The Morgan fingerprint density at radius 2 is 1.78 bits per heavy atom. The number of rotatable bonds is 9. The van der Waals surface area contributed by atoms with Gasteiger partial charge in [-0.15, -0.1) is 18.3 Å². The molecule has 0 aliphatic rings. The number of amides is 2. The molecule has 0 bridgehead atoms. The van der Waals surface area contributed by atoms with Crippen molar-refractivity contribution < 1.29 is 27.1 Å². The maximum absolute atomic E-state index is 14.0. The summed E-state index contributed by atoms with van der Waals surface area (Å²) in [5.41, 5.74) is 2.89. The lowest BCUT2D eigenvalue weighted by atomic mass is 10.0. The standard InChI is InChI=1S/C31H29F4N7O3S/c1-4-41-30(44)42(26-14-9-22(32)17-25(26)19(2)3)29(46-41)38-28(43)36-16-15-20-5-7-21(8-6-20)27-37-18-40(39-27)23-10-12-24(13-11-23)45-31(33,34)35/h5-14,17-19H,4,15-16H2,1-3H3,(H,36,43)/b38-29-. The van der Waals surface area contributed by atoms with E-state index in [0.717, 1.165) is 22.7 Å². The summed E-state index contributed by atoms with van der Waals surface area (Å²) in [7, 11) is 0. The van der Waals surface area contributed by atoms with Crippen molar-refractivity contribution in [2.75, 3.05) is 6.54 Å². The number of carbonyl (C=O) groups is 1. The molecule has 0 radical (unpaired) electrons. The molecule has 1 N–H and O–H groups in total. The fraction of sp³-hybridized carbons (Fsp3) is 0.258. The number of nitrogens with zero attached hydrogens (tertiary/aromatic N) is 6. The van der Waals surface area contributed by atoms with E-state index in [9.17, 15) is 27.2 Å². The highest BCUT2D eigenvalue weighted by molar-refractivity contribution is 7.03. The lowest BCUT2D eigenvalue weighted by Gasteiger charge is -2.12. The van der Waals surface area contributed by atoms with Crippen LogP contribution in [0, 0.1) is 5.82 Å². The van der Waals surface area contributed by atoms with Gasteiger partial charge in [0.2, 0.25) is 4.80 Å². The molecule has 240 valence electrons. The number of benzene rings is 3. The largest absolute Gasteiger partial charge is 0.573 e. The minimum absolute atomic E-state index is 0.0744. The van der Waals surface area contributed by atoms with E-state index in [-0.39, 0.29) is 28.7 Å². The molecule has 0 aliphatic heterocycles. The van der Waals surface area contributed by atoms with Crippen LogP contribution in [0.5, 0.6) is 5.75 Å². The Bertz CT molecular complexity index is 1960. The molecular formula is C31H29F4N7O3S. The Balaban J connectivity index is 1.23. The molecule has 2 amide bonds. The molecule has 0 saturated carbocycles. The first-order valence-corrected chi connectivity index (χ1v) is 15.0. The maximum Gasteiger partial charge on any atom is 0.573 e. The summed E-state index contributed by atoms with van der Waals surface area (Å²) >= 11 is 1.05. The summed E-state index contributed by atoms with van der Waals surface area (Å²) in [4.78, 5) is 34.5. The number of carbonyl (C=O) groups excluding carboxylic acids is 1. The number of halogens is 4. The summed E-state index contributed by atoms with van der Waals surface area (Å²) < 4.78 is 59.4. The van der Waals surface area contributed by atoms with Gasteiger partial charge in [-0.1, -0.05) is 38.1 Å². The molecule has 0 fully saturated rings. The molecule has 0 atom stereocenters. The van der Waals surface area contributed by atoms with Crippen LogP contribution in [0.15, 0.2) is 82.8 Å². The van der Waals surface area contributed by atoms with Crippen molar-refractivity contribution in [2.45, 2.75) is 46.0 Å². The van der Waals surface area contributed by atoms with Gasteiger partial charge in [-0.2, -0.15) is 4.99 Å². The molecule has 46 heavy (non-hydrogen) atoms. The first-order valence-electron chi connectivity index (χ1n) is 14.2. The van der Waals surface area contributed by atoms with Crippen molar-refractivity contribution in [3.05, 3.63) is 105 Å². The summed E-state index contributed by atoms with van der Waals surface area (Å²) in [6, 6.07) is 16.2. The van der Waals surface area contributed by atoms with Crippen LogP contribution in [-0.2, 0) is 13.0 Å². The van der Waals surface area contributed by atoms with Crippen LogP contribution in [0.2, 0.25) is 0 Å². The molecule has 0 unspecified atom stereocenters. The van der Waals surface area contributed by atoms with Crippen LogP contribution in [-0.4, -0.2) is 42.2 Å². The number of hydrogen-bond acceptors (Lipinski definition) is 6. The zero-order chi connectivity index (χ0) is 33.0. The van der Waals surface area contributed by atoms with E-state index < -0.39 is 18.2 Å². The molecule has 2 heterocycles. The van der Waals surface area contributed by atoms with Gasteiger partial charge in [0.25, 0.3) is 0 Å². The quantitative estimate of drug-likeness (QED) is 0.197. The Morgan fingerprint density at radius 1 is 1.07 bits per heavy atom. The Morgan fingerprint density at radius 3 is 2.43 bits per heavy atom. The van der Waals surface area contributed by atoms with E-state index >= 15 is 0 Å². The minimum atomic E-state index is -4.77. The van der Waals surface area contributed by atoms with Gasteiger partial charge in [-0.05, 0) is 84.4 Å². The second-order valence-corrected chi connectivity index (χ2v) is 11.4. The van der Waals surface area contributed by atoms with Gasteiger partial charge in [0.1, 0.15) is 17.9 Å². The van der Waals surface area contributed by atoms with Crippen LogP contribution < -0.4 is 20.5 Å². The van der Waals surface area contributed by atoms with Gasteiger partial charge < -0.3 is 10.1 Å². The Labute approximate surface area is 264 Å². The molecule has 0 saturated heterocycles. The van der Waals surface area contributed by atoms with Crippen LogP contribution in [0.3, 0.4) is 0 Å². The van der Waals surface area contributed by atoms with E-state index in [0.29, 0.717) is 35.7 Å². The first-order chi connectivity index (χ1) is 21.9. The highest BCUT2D eigenvalue weighted by Gasteiger charge is 2.31. The van der Waals surface area contributed by atoms with Crippen LogP contribution in [0.4, 0.5) is 22.4 Å². The normalized spacial score (nSPS) is 12.1. The van der Waals surface area contributed by atoms with Crippen molar-refractivity contribution in [3.63, 3.8) is 0 Å². The highest BCUT2D eigenvalue weighted by atomic mass is 32.1. The molecule has 5 rings (SSSR count). The predicted molar refractivity (Wildman–Crippen MR) is 164 cm³/mol. The second kappa shape index (κ2) is 13.5. The number of ether oxygens (including phenoxy) is 1. The number of urea groups is 1. The summed E-state index contributed by atoms with van der Waals surface area (Å²) in [5.74, 6) is -0.405. The first kappa shape index (κ1) is 32.3. The summed E-state index contributed by atoms with van der Waals surface area (Å²) in [6.45, 7) is 6.27. The third kappa shape index (κ3) is 7.59. The molecule has 2 aromatic heterocycles. The monoisotopic (exact) mass is 655 g/mol. The molecule has 0 spiro atoms. The van der Waals surface area contributed by atoms with E-state index in [1.54, 1.807) is 0 Å². The SMILES string of the molecule is CCn1s/c(=N\C(=O)NCCc2ccc(-c3ncn(-c4ccc(OC(F)(F)F)cc4)n3)cc2)n(-c2ccc(F)cc2C(C)C)c1=O. The van der Waals surface area contributed by atoms with Gasteiger partial charge in [-0.3, -0.25) is 0 Å². The van der Waals surface area contributed by atoms with Gasteiger partial charge in [0.15, 0.2) is 5.82 Å². The van der Waals surface area contributed by atoms with Crippen molar-refractivity contribution in [1.29, 1.82) is 0 Å². The number of nitrogens with one attached hydrogen (secondary N) is 1. The van der Waals surface area contributed by atoms with Gasteiger partial charge in [0.05, 0.1) is 11.4 Å². The minimum Gasteiger partial charge on any atom is -0.406 e. The predicted octanol–water partition coefficient (Wildman–Crippen LogP) is 5.98. The van der Waals surface area contributed by atoms with Crippen LogP contribution in [0.1, 0.15) is 37.8 Å². The smallest absolute Gasteiger partial charge is 0.406 e. The van der Waals surface area contributed by atoms with Gasteiger partial charge >= 0.3 is 18.1 Å². The lowest BCUT2D eigenvalue weighted by Crippen LogP contribution is -2.31. The zero-order valence-corrected chi connectivity index (χ0v) is 25.8. The number of aromatic nitrogens is 5. The van der Waals surface area contributed by atoms with Crippen molar-refractivity contribution >= 4 is 17.6 Å². The number of alkyl halides is 3. The Kier molecular flexibility index (Phi) is 9.51. The van der Waals surface area contributed by atoms with E-state index in [4.69, 9.17) is 0 Å². The third-order valence-electron chi connectivity index (χ3n) is 6.85. The second-order valence-electron chi connectivity index (χ2n) is 10.4. The average Bonchev–Trinajstić information content (AvgIpc) is 3.62. The molecule has 10 nitrogen and oxygen atoms in total. The topological polar surface area (TPSA) is 108 Å². The van der Waals surface area contributed by atoms with Crippen LogP contribution in [0.25, 0.3) is 22.8 Å². The number of aryl methyl sites for hydroxylation is 1. The fourth-order valence-corrected chi connectivity index (χ4v) is 5.49. The van der Waals surface area contributed by atoms with Gasteiger partial charge in [-0.25, -0.2) is 32.2 Å². The van der Waals surface area contributed by atoms with E-state index in [1.807, 2.05) is 45.0 Å². The third-order valence-corrected chi connectivity index (χ3v) is 7.93. The fourth-order valence-electron chi connectivity index (χ4n) is 4.62. The van der Waals surface area contributed by atoms with Crippen molar-refractivity contribution in [1.82, 2.24) is 28.6 Å². The van der Waals surface area contributed by atoms with Gasteiger partial charge in [0, 0.05) is 18.7 Å². The summed E-state index contributed by atoms with van der Waals surface area (Å²) in [5, 5.41) is 7.15. The molecule has 0 aliphatic carbocycles. The number of hydrogen-bond donors (Lipinski definition) is 1. The zero-order valence-electron chi connectivity index (χ0n) is 25.0. The lowest BCUT2D eigenvalue weighted by molar-refractivity contribution is -0.274. The summed E-state index contributed by atoms with van der Waals surface area (Å²) in [6.07, 6.45) is -2.82. The average molecular weight is 656 g/mol.